The van der Waals surface area contributed by atoms with Gasteiger partial charge in [0.15, 0.2) is 0 Å². The fourth-order valence-electron chi connectivity index (χ4n) is 3.07. The number of amides is 1. The lowest BCUT2D eigenvalue weighted by atomic mass is 9.98. The van der Waals surface area contributed by atoms with Gasteiger partial charge in [0, 0.05) is 29.4 Å². The number of carbonyl (C=O) groups is 1. The molecule has 1 fully saturated rings. The van der Waals surface area contributed by atoms with Gasteiger partial charge in [-0.05, 0) is 42.7 Å². The van der Waals surface area contributed by atoms with Gasteiger partial charge >= 0.3 is 0 Å². The Labute approximate surface area is 165 Å². The number of benzene rings is 2. The number of rotatable bonds is 6. The lowest BCUT2D eigenvalue weighted by molar-refractivity contribution is -0.120. The molecule has 0 aliphatic carbocycles. The lowest BCUT2D eigenvalue weighted by Gasteiger charge is -2.30. The fraction of sp³-hybridized carbons (Fsp3) is 0.350. The molecule has 7 heteroatoms. The Morgan fingerprint density at radius 3 is 2.52 bits per heavy atom. The van der Waals surface area contributed by atoms with Gasteiger partial charge in [-0.1, -0.05) is 30.3 Å². The van der Waals surface area contributed by atoms with Gasteiger partial charge in [0.2, 0.25) is 15.9 Å². The summed E-state index contributed by atoms with van der Waals surface area (Å²) >= 11 is 1.77. The van der Waals surface area contributed by atoms with Crippen LogP contribution < -0.4 is 5.32 Å². The molecule has 0 radical (unpaired) electrons. The van der Waals surface area contributed by atoms with Crippen molar-refractivity contribution in [2.45, 2.75) is 23.5 Å². The standard InChI is InChI=1S/C20H24N2O3S2/c1-27(24,25)22-13-5-6-17(14-22)20(23)21-18-11-9-16(10-12-18)15-26-19-7-3-2-4-8-19/h2-4,7-12,17H,5-6,13-15H2,1H3,(H,21,23)/t17-/m1/s1. The Kier molecular flexibility index (Phi) is 6.57. The van der Waals surface area contributed by atoms with Crippen LogP contribution in [0.1, 0.15) is 18.4 Å². The molecule has 5 nitrogen and oxygen atoms in total. The Morgan fingerprint density at radius 2 is 1.85 bits per heavy atom. The topological polar surface area (TPSA) is 66.5 Å². The van der Waals surface area contributed by atoms with Crippen LogP contribution in [0.15, 0.2) is 59.5 Å². The number of piperidine rings is 1. The Hall–Kier alpha value is -1.83. The molecule has 27 heavy (non-hydrogen) atoms. The first-order valence-electron chi connectivity index (χ1n) is 8.94. The first-order valence-corrected chi connectivity index (χ1v) is 11.8. The van der Waals surface area contributed by atoms with Gasteiger partial charge in [0.05, 0.1) is 12.2 Å². The second kappa shape index (κ2) is 8.91. The van der Waals surface area contributed by atoms with E-state index in [2.05, 4.69) is 17.4 Å². The highest BCUT2D eigenvalue weighted by atomic mass is 32.2. The highest BCUT2D eigenvalue weighted by molar-refractivity contribution is 7.98. The van der Waals surface area contributed by atoms with Crippen molar-refractivity contribution in [3.05, 3.63) is 60.2 Å². The number of carbonyl (C=O) groups excluding carboxylic acids is 1. The zero-order valence-electron chi connectivity index (χ0n) is 15.3. The van der Waals surface area contributed by atoms with Gasteiger partial charge in [0.1, 0.15) is 0 Å². The average Bonchev–Trinajstić information content (AvgIpc) is 2.68. The molecule has 2 aromatic carbocycles. The van der Waals surface area contributed by atoms with Crippen LogP contribution in [0.5, 0.6) is 0 Å². The van der Waals surface area contributed by atoms with Crippen molar-refractivity contribution in [3.8, 4) is 0 Å². The molecule has 0 saturated carbocycles. The van der Waals surface area contributed by atoms with E-state index in [1.165, 1.54) is 21.0 Å². The van der Waals surface area contributed by atoms with Crippen molar-refractivity contribution < 1.29 is 13.2 Å². The summed E-state index contributed by atoms with van der Waals surface area (Å²) in [6, 6.07) is 18.0. The molecule has 0 bridgehead atoms. The molecule has 1 aliphatic rings. The molecule has 1 saturated heterocycles. The molecule has 0 unspecified atom stereocenters. The molecular weight excluding hydrogens is 380 g/mol. The lowest BCUT2D eigenvalue weighted by Crippen LogP contribution is -2.43. The minimum Gasteiger partial charge on any atom is -0.326 e. The van der Waals surface area contributed by atoms with Gasteiger partial charge in [-0.15, -0.1) is 11.8 Å². The Bertz CT molecular complexity index is 868. The first kappa shape index (κ1) is 19.9. The molecular formula is C20H24N2O3S2. The summed E-state index contributed by atoms with van der Waals surface area (Å²) in [5, 5.41) is 2.92. The predicted octanol–water partition coefficient (Wildman–Crippen LogP) is 3.59. The summed E-state index contributed by atoms with van der Waals surface area (Å²) < 4.78 is 24.8. The van der Waals surface area contributed by atoms with Crippen LogP contribution in [-0.2, 0) is 20.6 Å². The van der Waals surface area contributed by atoms with Crippen LogP contribution >= 0.6 is 11.8 Å². The Balaban J connectivity index is 1.54. The maximum absolute atomic E-state index is 12.5. The highest BCUT2D eigenvalue weighted by Crippen LogP contribution is 2.24. The van der Waals surface area contributed by atoms with E-state index in [9.17, 15) is 13.2 Å². The minimum atomic E-state index is -3.25. The average molecular weight is 405 g/mol. The number of sulfonamides is 1. The van der Waals surface area contributed by atoms with E-state index in [4.69, 9.17) is 0 Å². The zero-order valence-corrected chi connectivity index (χ0v) is 16.9. The number of hydrogen-bond donors (Lipinski definition) is 1. The summed E-state index contributed by atoms with van der Waals surface area (Å²) in [4.78, 5) is 13.7. The molecule has 1 amide bonds. The third-order valence-electron chi connectivity index (χ3n) is 4.59. The van der Waals surface area contributed by atoms with Gasteiger partial charge in [0.25, 0.3) is 0 Å². The number of hydrogen-bond acceptors (Lipinski definition) is 4. The molecule has 144 valence electrons. The molecule has 1 N–H and O–H groups in total. The molecule has 3 rings (SSSR count). The van der Waals surface area contributed by atoms with Gasteiger partial charge in [-0.2, -0.15) is 0 Å². The minimum absolute atomic E-state index is 0.116. The Morgan fingerprint density at radius 1 is 1.15 bits per heavy atom. The summed E-state index contributed by atoms with van der Waals surface area (Å²) in [5.74, 6) is 0.445. The predicted molar refractivity (Wildman–Crippen MR) is 110 cm³/mol. The molecule has 0 aromatic heterocycles. The molecule has 1 heterocycles. The monoisotopic (exact) mass is 404 g/mol. The largest absolute Gasteiger partial charge is 0.326 e. The SMILES string of the molecule is CS(=O)(=O)N1CCC[C@@H](C(=O)Nc2ccc(CSc3ccccc3)cc2)C1. The number of anilines is 1. The van der Waals surface area contributed by atoms with E-state index in [1.54, 1.807) is 11.8 Å². The van der Waals surface area contributed by atoms with Crippen molar-refractivity contribution in [2.24, 2.45) is 5.92 Å². The zero-order chi connectivity index (χ0) is 19.3. The quantitative estimate of drug-likeness (QED) is 0.747. The van der Waals surface area contributed by atoms with Gasteiger partial charge in [-0.25, -0.2) is 12.7 Å². The van der Waals surface area contributed by atoms with Gasteiger partial charge < -0.3 is 5.32 Å². The first-order chi connectivity index (χ1) is 12.9. The van der Waals surface area contributed by atoms with Crippen LogP contribution in [0, 0.1) is 5.92 Å². The van der Waals surface area contributed by atoms with E-state index in [1.807, 2.05) is 42.5 Å². The summed E-state index contributed by atoms with van der Waals surface area (Å²) in [6.45, 7) is 0.757. The molecule has 2 aromatic rings. The van der Waals surface area contributed by atoms with E-state index in [-0.39, 0.29) is 18.4 Å². The van der Waals surface area contributed by atoms with Crippen molar-refractivity contribution >= 4 is 33.4 Å². The van der Waals surface area contributed by atoms with Crippen LogP contribution in [0.2, 0.25) is 0 Å². The number of nitrogens with zero attached hydrogens (tertiary/aromatic N) is 1. The van der Waals surface area contributed by atoms with Crippen molar-refractivity contribution in [1.29, 1.82) is 0 Å². The highest BCUT2D eigenvalue weighted by Gasteiger charge is 2.30. The number of thioether (sulfide) groups is 1. The second-order valence-corrected chi connectivity index (χ2v) is 9.78. The maximum Gasteiger partial charge on any atom is 0.228 e. The fourth-order valence-corrected chi connectivity index (χ4v) is 4.86. The van der Waals surface area contributed by atoms with E-state index in [0.717, 1.165) is 11.4 Å². The van der Waals surface area contributed by atoms with Crippen molar-refractivity contribution in [1.82, 2.24) is 4.31 Å². The normalized spacial score (nSPS) is 18.2. The third-order valence-corrected chi connectivity index (χ3v) is 6.95. The van der Waals surface area contributed by atoms with Crippen LogP contribution in [0.4, 0.5) is 5.69 Å². The summed E-state index contributed by atoms with van der Waals surface area (Å²) in [7, 11) is -3.25. The van der Waals surface area contributed by atoms with Crippen molar-refractivity contribution in [3.63, 3.8) is 0 Å². The van der Waals surface area contributed by atoms with Crippen LogP contribution in [0.3, 0.4) is 0 Å². The molecule has 0 spiro atoms. The van der Waals surface area contributed by atoms with Crippen LogP contribution in [-0.4, -0.2) is 38.0 Å². The third kappa shape index (κ3) is 5.82. The summed E-state index contributed by atoms with van der Waals surface area (Å²) in [6.07, 6.45) is 2.62. The maximum atomic E-state index is 12.5. The number of nitrogens with one attached hydrogen (secondary N) is 1. The van der Waals surface area contributed by atoms with E-state index >= 15 is 0 Å². The second-order valence-electron chi connectivity index (χ2n) is 6.75. The van der Waals surface area contributed by atoms with Crippen molar-refractivity contribution in [2.75, 3.05) is 24.7 Å². The van der Waals surface area contributed by atoms with Crippen LogP contribution in [0.25, 0.3) is 0 Å². The van der Waals surface area contributed by atoms with E-state index < -0.39 is 10.0 Å². The molecule has 1 aliphatic heterocycles. The molecule has 1 atom stereocenters. The van der Waals surface area contributed by atoms with Gasteiger partial charge in [-0.3, -0.25) is 4.79 Å². The smallest absolute Gasteiger partial charge is 0.228 e. The summed E-state index contributed by atoms with van der Waals surface area (Å²) in [5.41, 5.74) is 1.92. The van der Waals surface area contributed by atoms with E-state index in [0.29, 0.717) is 19.4 Å².